The lowest BCUT2D eigenvalue weighted by atomic mass is 9.92. The van der Waals surface area contributed by atoms with Gasteiger partial charge in [0.25, 0.3) is 0 Å². The minimum atomic E-state index is 0.438. The molecule has 1 aliphatic heterocycles. The lowest BCUT2D eigenvalue weighted by Crippen LogP contribution is -2.51. The van der Waals surface area contributed by atoms with Crippen LogP contribution in [0.2, 0.25) is 0 Å². The van der Waals surface area contributed by atoms with Crippen molar-refractivity contribution in [2.45, 2.75) is 77.4 Å². The monoisotopic (exact) mass is 348 g/mol. The molecule has 7 nitrogen and oxygen atoms in total. The van der Waals surface area contributed by atoms with Crippen LogP contribution in [0.4, 0.5) is 0 Å². The maximum atomic E-state index is 5.00. The molecule has 1 aliphatic carbocycles. The van der Waals surface area contributed by atoms with Gasteiger partial charge in [-0.1, -0.05) is 24.4 Å². The number of aliphatic imine (C=N–C) groups is 1. The lowest BCUT2D eigenvalue weighted by molar-refractivity contribution is 0.119. The summed E-state index contributed by atoms with van der Waals surface area (Å²) in [6.45, 7) is 7.56. The highest BCUT2D eigenvalue weighted by Crippen LogP contribution is 2.25. The highest BCUT2D eigenvalue weighted by atomic mass is 16.5. The number of nitrogens with one attached hydrogen (secondary N) is 2. The van der Waals surface area contributed by atoms with Crippen LogP contribution in [0.1, 0.15) is 63.6 Å². The zero-order chi connectivity index (χ0) is 17.5. The summed E-state index contributed by atoms with van der Waals surface area (Å²) in [4.78, 5) is 11.5. The van der Waals surface area contributed by atoms with Crippen LogP contribution in [0, 0.1) is 6.92 Å². The molecular weight excluding hydrogens is 316 g/mol. The van der Waals surface area contributed by atoms with Gasteiger partial charge in [0, 0.05) is 38.6 Å². The maximum absolute atomic E-state index is 5.00. The van der Waals surface area contributed by atoms with Crippen molar-refractivity contribution in [3.05, 3.63) is 11.7 Å². The molecule has 2 N–H and O–H groups in total. The second-order valence-electron chi connectivity index (χ2n) is 7.17. The second-order valence-corrected chi connectivity index (χ2v) is 7.17. The smallest absolute Gasteiger partial charge is 0.223 e. The van der Waals surface area contributed by atoms with Crippen LogP contribution in [-0.4, -0.2) is 52.7 Å². The number of nitrogens with zero attached hydrogens (tertiary/aromatic N) is 4. The van der Waals surface area contributed by atoms with E-state index in [2.05, 4.69) is 37.6 Å². The van der Waals surface area contributed by atoms with Crippen molar-refractivity contribution in [3.8, 4) is 0 Å². The molecule has 25 heavy (non-hydrogen) atoms. The first-order valence-electron chi connectivity index (χ1n) is 9.82. The zero-order valence-corrected chi connectivity index (χ0v) is 15.6. The van der Waals surface area contributed by atoms with Crippen LogP contribution in [0.15, 0.2) is 9.52 Å². The van der Waals surface area contributed by atoms with Crippen LogP contribution >= 0.6 is 0 Å². The zero-order valence-electron chi connectivity index (χ0n) is 15.6. The number of aryl methyl sites for hydroxylation is 1. The van der Waals surface area contributed by atoms with Crippen molar-refractivity contribution < 1.29 is 4.52 Å². The number of rotatable bonds is 5. The van der Waals surface area contributed by atoms with E-state index in [0.29, 0.717) is 24.3 Å². The Bertz CT molecular complexity index is 544. The maximum Gasteiger partial charge on any atom is 0.223 e. The summed E-state index contributed by atoms with van der Waals surface area (Å²) in [6, 6.07) is 1.32. The third-order valence-electron chi connectivity index (χ3n) is 5.25. The normalized spacial score (nSPS) is 21.4. The first-order chi connectivity index (χ1) is 12.2. The van der Waals surface area contributed by atoms with Crippen molar-refractivity contribution in [2.24, 2.45) is 4.99 Å². The van der Waals surface area contributed by atoms with E-state index < -0.39 is 0 Å². The Hall–Kier alpha value is -1.63. The summed E-state index contributed by atoms with van der Waals surface area (Å²) in [5.74, 6) is 2.06. The molecule has 7 heteroatoms. The van der Waals surface area contributed by atoms with Crippen LogP contribution in [0.25, 0.3) is 0 Å². The molecule has 2 fully saturated rings. The average Bonchev–Trinajstić information content (AvgIpc) is 3.07. The molecule has 0 bridgehead atoms. The van der Waals surface area contributed by atoms with Crippen molar-refractivity contribution in [2.75, 3.05) is 19.6 Å². The minimum Gasteiger partial charge on any atom is -0.357 e. The quantitative estimate of drug-likeness (QED) is 0.627. The van der Waals surface area contributed by atoms with Gasteiger partial charge in [0.1, 0.15) is 6.54 Å². The van der Waals surface area contributed by atoms with Gasteiger partial charge in [0.05, 0.1) is 0 Å². The Balaban J connectivity index is 1.47. The molecule has 1 aromatic rings. The Labute approximate surface area is 150 Å². The van der Waals surface area contributed by atoms with E-state index in [4.69, 9.17) is 4.52 Å². The first-order valence-corrected chi connectivity index (χ1v) is 9.82. The fraction of sp³-hybridized carbons (Fsp3) is 0.833. The van der Waals surface area contributed by atoms with Gasteiger partial charge in [0.2, 0.25) is 5.89 Å². The summed E-state index contributed by atoms with van der Waals surface area (Å²) in [5, 5.41) is 10.8. The van der Waals surface area contributed by atoms with Crippen molar-refractivity contribution in [1.82, 2.24) is 25.7 Å². The standard InChI is InChI=1S/C18H32N6O/c1-3-19-18(20-13-17-21-14(2)25-23-17)22-15-9-11-24(12-10-15)16-7-5-4-6-8-16/h15-16H,3-13H2,1-2H3,(H2,19,20,22). The van der Waals surface area contributed by atoms with Gasteiger partial charge in [-0.05, 0) is 32.6 Å². The summed E-state index contributed by atoms with van der Waals surface area (Å²) < 4.78 is 5.00. The number of aromatic nitrogens is 2. The summed E-state index contributed by atoms with van der Waals surface area (Å²) in [6.07, 6.45) is 9.41. The number of piperidine rings is 1. The molecule has 1 saturated heterocycles. The van der Waals surface area contributed by atoms with Gasteiger partial charge in [0.15, 0.2) is 11.8 Å². The van der Waals surface area contributed by atoms with Crippen LogP contribution in [0.5, 0.6) is 0 Å². The molecule has 0 atom stereocenters. The lowest BCUT2D eigenvalue weighted by Gasteiger charge is -2.39. The van der Waals surface area contributed by atoms with Crippen LogP contribution in [0.3, 0.4) is 0 Å². The molecular formula is C18H32N6O. The molecule has 140 valence electrons. The fourth-order valence-electron chi connectivity index (χ4n) is 3.92. The second kappa shape index (κ2) is 9.17. The van der Waals surface area contributed by atoms with E-state index >= 15 is 0 Å². The fourth-order valence-corrected chi connectivity index (χ4v) is 3.92. The molecule has 1 saturated carbocycles. The predicted molar refractivity (Wildman–Crippen MR) is 98.5 cm³/mol. The SMILES string of the molecule is CCNC(=NCc1noc(C)n1)NC1CCN(C2CCCCC2)CC1. The van der Waals surface area contributed by atoms with E-state index in [9.17, 15) is 0 Å². The highest BCUT2D eigenvalue weighted by molar-refractivity contribution is 5.80. The van der Waals surface area contributed by atoms with Crippen molar-refractivity contribution in [3.63, 3.8) is 0 Å². The van der Waals surface area contributed by atoms with Gasteiger partial charge in [-0.25, -0.2) is 4.99 Å². The minimum absolute atomic E-state index is 0.438. The highest BCUT2D eigenvalue weighted by Gasteiger charge is 2.26. The van der Waals surface area contributed by atoms with Crippen molar-refractivity contribution >= 4 is 5.96 Å². The molecule has 3 rings (SSSR count). The average molecular weight is 348 g/mol. The van der Waals surface area contributed by atoms with Crippen LogP contribution < -0.4 is 10.6 Å². The molecule has 0 amide bonds. The van der Waals surface area contributed by atoms with E-state index in [-0.39, 0.29) is 0 Å². The van der Waals surface area contributed by atoms with Gasteiger partial charge in [-0.15, -0.1) is 0 Å². The summed E-state index contributed by atoms with van der Waals surface area (Å²) >= 11 is 0. The Morgan fingerprint density at radius 3 is 2.60 bits per heavy atom. The van der Waals surface area contributed by atoms with E-state index in [1.807, 2.05) is 0 Å². The third-order valence-corrected chi connectivity index (χ3v) is 5.25. The van der Waals surface area contributed by atoms with Gasteiger partial charge in [-0.2, -0.15) is 4.98 Å². The number of likely N-dealkylation sites (tertiary alicyclic amines) is 1. The van der Waals surface area contributed by atoms with Gasteiger partial charge >= 0.3 is 0 Å². The molecule has 0 spiro atoms. The number of hydrogen-bond donors (Lipinski definition) is 2. The molecule has 2 heterocycles. The molecule has 0 radical (unpaired) electrons. The molecule has 1 aromatic heterocycles. The molecule has 0 unspecified atom stereocenters. The topological polar surface area (TPSA) is 78.6 Å². The van der Waals surface area contributed by atoms with E-state index in [0.717, 1.165) is 18.5 Å². The Morgan fingerprint density at radius 2 is 1.96 bits per heavy atom. The first kappa shape index (κ1) is 18.2. The largest absolute Gasteiger partial charge is 0.357 e. The Morgan fingerprint density at radius 1 is 1.20 bits per heavy atom. The molecule has 0 aromatic carbocycles. The Kier molecular flexibility index (Phi) is 6.67. The van der Waals surface area contributed by atoms with Crippen molar-refractivity contribution in [1.29, 1.82) is 0 Å². The van der Waals surface area contributed by atoms with Gasteiger partial charge < -0.3 is 20.1 Å². The van der Waals surface area contributed by atoms with Crippen LogP contribution in [-0.2, 0) is 6.54 Å². The molecule has 2 aliphatic rings. The summed E-state index contributed by atoms with van der Waals surface area (Å²) in [7, 11) is 0. The van der Waals surface area contributed by atoms with E-state index in [1.165, 1.54) is 58.0 Å². The van der Waals surface area contributed by atoms with Gasteiger partial charge in [-0.3, -0.25) is 0 Å². The summed E-state index contributed by atoms with van der Waals surface area (Å²) in [5.41, 5.74) is 0. The number of guanidine groups is 1. The number of hydrogen-bond acceptors (Lipinski definition) is 5. The third kappa shape index (κ3) is 5.42. The predicted octanol–water partition coefficient (Wildman–Crippen LogP) is 2.23. The van der Waals surface area contributed by atoms with E-state index in [1.54, 1.807) is 6.92 Å².